The number of carbonyl (C=O) groups excluding carboxylic acids is 1. The largest absolute Gasteiger partial charge is 0.497 e. The van der Waals surface area contributed by atoms with Crippen LogP contribution in [-0.4, -0.2) is 51.5 Å². The van der Waals surface area contributed by atoms with Crippen molar-refractivity contribution in [2.75, 3.05) is 40.7 Å². The van der Waals surface area contributed by atoms with Crippen molar-refractivity contribution in [2.45, 2.75) is 17.7 Å². The lowest BCUT2D eigenvalue weighted by Gasteiger charge is -2.17. The van der Waals surface area contributed by atoms with Crippen molar-refractivity contribution in [3.8, 4) is 17.2 Å². The highest BCUT2D eigenvalue weighted by Gasteiger charge is 2.10. The van der Waals surface area contributed by atoms with Crippen molar-refractivity contribution in [3.63, 3.8) is 0 Å². The summed E-state index contributed by atoms with van der Waals surface area (Å²) < 4.78 is 15.7. The van der Waals surface area contributed by atoms with Gasteiger partial charge < -0.3 is 19.1 Å². The number of carbonyl (C=O) groups is 1. The average Bonchev–Trinajstić information content (AvgIpc) is 2.72. The van der Waals surface area contributed by atoms with Crippen molar-refractivity contribution < 1.29 is 19.0 Å². The van der Waals surface area contributed by atoms with Crippen LogP contribution in [0.2, 0.25) is 0 Å². The van der Waals surface area contributed by atoms with Crippen molar-refractivity contribution in [3.05, 3.63) is 48.0 Å². The van der Waals surface area contributed by atoms with Crippen LogP contribution in [0.15, 0.2) is 47.4 Å². The predicted molar refractivity (Wildman–Crippen MR) is 109 cm³/mol. The van der Waals surface area contributed by atoms with Gasteiger partial charge in [0.05, 0.1) is 21.3 Å². The Kier molecular flexibility index (Phi) is 8.33. The molecule has 2 rings (SSSR count). The molecule has 2 aromatic carbocycles. The van der Waals surface area contributed by atoms with Crippen LogP contribution in [0.4, 0.5) is 0 Å². The first-order chi connectivity index (χ1) is 13.1. The third kappa shape index (κ3) is 6.40. The number of rotatable bonds is 10. The summed E-state index contributed by atoms with van der Waals surface area (Å²) in [6.45, 7) is 0.668. The van der Waals surface area contributed by atoms with Crippen LogP contribution in [0.25, 0.3) is 0 Å². The number of nitrogens with zero attached hydrogens (tertiary/aromatic N) is 1. The van der Waals surface area contributed by atoms with Gasteiger partial charge in [-0.2, -0.15) is 0 Å². The average molecular weight is 390 g/mol. The summed E-state index contributed by atoms with van der Waals surface area (Å²) in [6.07, 6.45) is 1.29. The SMILES string of the molecule is COc1ccc(SCCC(=O)N(C)CCc2ccc(OC)c(OC)c2)cc1. The summed E-state index contributed by atoms with van der Waals surface area (Å²) in [6, 6.07) is 13.7. The number of hydrogen-bond acceptors (Lipinski definition) is 5. The molecule has 0 aliphatic carbocycles. The number of likely N-dealkylation sites (N-methyl/N-ethyl adjacent to an activating group) is 1. The van der Waals surface area contributed by atoms with Crippen LogP contribution in [0.1, 0.15) is 12.0 Å². The zero-order valence-electron chi connectivity index (χ0n) is 16.4. The molecule has 0 fully saturated rings. The van der Waals surface area contributed by atoms with E-state index in [0.717, 1.165) is 28.4 Å². The van der Waals surface area contributed by atoms with Gasteiger partial charge in [0.15, 0.2) is 11.5 Å². The van der Waals surface area contributed by atoms with Crippen LogP contribution in [0.5, 0.6) is 17.2 Å². The van der Waals surface area contributed by atoms with Gasteiger partial charge in [0.1, 0.15) is 5.75 Å². The molecular weight excluding hydrogens is 362 g/mol. The molecule has 146 valence electrons. The second-order valence-corrected chi connectivity index (χ2v) is 7.20. The lowest BCUT2D eigenvalue weighted by molar-refractivity contribution is -0.129. The summed E-state index contributed by atoms with van der Waals surface area (Å²) >= 11 is 1.68. The molecule has 1 amide bonds. The molecule has 0 aromatic heterocycles. The molecule has 0 spiro atoms. The fraction of sp³-hybridized carbons (Fsp3) is 0.381. The Balaban J connectivity index is 1.76. The molecule has 5 nitrogen and oxygen atoms in total. The van der Waals surface area contributed by atoms with E-state index in [-0.39, 0.29) is 5.91 Å². The molecule has 0 radical (unpaired) electrons. The van der Waals surface area contributed by atoms with E-state index in [1.165, 1.54) is 0 Å². The summed E-state index contributed by atoms with van der Waals surface area (Å²) in [5.41, 5.74) is 1.11. The maximum Gasteiger partial charge on any atom is 0.223 e. The topological polar surface area (TPSA) is 48.0 Å². The normalized spacial score (nSPS) is 10.4. The molecular formula is C21H27NO4S. The Labute approximate surface area is 165 Å². The van der Waals surface area contributed by atoms with Gasteiger partial charge >= 0.3 is 0 Å². The van der Waals surface area contributed by atoms with Gasteiger partial charge in [0, 0.05) is 30.7 Å². The lowest BCUT2D eigenvalue weighted by atomic mass is 10.1. The molecule has 0 N–H and O–H groups in total. The maximum atomic E-state index is 12.3. The Bertz CT molecular complexity index is 733. The van der Waals surface area contributed by atoms with E-state index in [0.29, 0.717) is 24.5 Å². The van der Waals surface area contributed by atoms with Gasteiger partial charge in [-0.25, -0.2) is 0 Å². The van der Waals surface area contributed by atoms with Gasteiger partial charge in [0.25, 0.3) is 0 Å². The summed E-state index contributed by atoms with van der Waals surface area (Å²) in [5, 5.41) is 0. The Morgan fingerprint density at radius 3 is 2.30 bits per heavy atom. The summed E-state index contributed by atoms with van der Waals surface area (Å²) in [5.74, 6) is 3.16. The molecule has 2 aromatic rings. The smallest absolute Gasteiger partial charge is 0.223 e. The Morgan fingerprint density at radius 1 is 0.963 bits per heavy atom. The Hall–Kier alpha value is -2.34. The van der Waals surface area contributed by atoms with Crippen molar-refractivity contribution in [1.29, 1.82) is 0 Å². The maximum absolute atomic E-state index is 12.3. The van der Waals surface area contributed by atoms with Crippen molar-refractivity contribution in [1.82, 2.24) is 4.90 Å². The first kappa shape index (κ1) is 21.0. The molecule has 6 heteroatoms. The monoisotopic (exact) mass is 389 g/mol. The number of ether oxygens (including phenoxy) is 3. The van der Waals surface area contributed by atoms with E-state index in [4.69, 9.17) is 14.2 Å². The quantitative estimate of drug-likeness (QED) is 0.577. The van der Waals surface area contributed by atoms with Gasteiger partial charge in [-0.15, -0.1) is 11.8 Å². The molecule has 0 aliphatic heterocycles. The van der Waals surface area contributed by atoms with Gasteiger partial charge in [-0.05, 0) is 48.4 Å². The fourth-order valence-electron chi connectivity index (χ4n) is 2.58. The second-order valence-electron chi connectivity index (χ2n) is 6.03. The third-order valence-corrected chi connectivity index (χ3v) is 5.27. The minimum absolute atomic E-state index is 0.150. The summed E-state index contributed by atoms with van der Waals surface area (Å²) in [7, 11) is 6.74. The molecule has 0 unspecified atom stereocenters. The van der Waals surface area contributed by atoms with Crippen LogP contribution in [0.3, 0.4) is 0 Å². The van der Waals surface area contributed by atoms with E-state index in [9.17, 15) is 4.79 Å². The zero-order valence-corrected chi connectivity index (χ0v) is 17.2. The predicted octanol–water partition coefficient (Wildman–Crippen LogP) is 3.90. The summed E-state index contributed by atoms with van der Waals surface area (Å²) in [4.78, 5) is 15.2. The van der Waals surface area contributed by atoms with E-state index in [2.05, 4.69) is 0 Å². The number of amides is 1. The molecule has 0 aliphatic rings. The van der Waals surface area contributed by atoms with Gasteiger partial charge in [-0.3, -0.25) is 4.79 Å². The minimum atomic E-state index is 0.150. The first-order valence-corrected chi connectivity index (χ1v) is 9.77. The van der Waals surface area contributed by atoms with Crippen LogP contribution in [0, 0.1) is 0 Å². The standard InChI is InChI=1S/C21H27NO4S/c1-22(13-11-16-5-10-19(25-3)20(15-16)26-4)21(23)12-14-27-18-8-6-17(24-2)7-9-18/h5-10,15H,11-14H2,1-4H3. The number of hydrogen-bond donors (Lipinski definition) is 0. The molecule has 0 heterocycles. The van der Waals surface area contributed by atoms with E-state index < -0.39 is 0 Å². The van der Waals surface area contributed by atoms with Gasteiger partial charge in [0.2, 0.25) is 5.91 Å². The number of methoxy groups -OCH3 is 3. The van der Waals surface area contributed by atoms with Crippen LogP contribution in [-0.2, 0) is 11.2 Å². The Morgan fingerprint density at radius 2 is 1.67 bits per heavy atom. The minimum Gasteiger partial charge on any atom is -0.497 e. The fourth-order valence-corrected chi connectivity index (χ4v) is 3.42. The first-order valence-electron chi connectivity index (χ1n) is 8.79. The lowest BCUT2D eigenvalue weighted by Crippen LogP contribution is -2.29. The van der Waals surface area contributed by atoms with Crippen molar-refractivity contribution in [2.24, 2.45) is 0 Å². The second kappa shape index (κ2) is 10.7. The third-order valence-electron chi connectivity index (χ3n) is 4.25. The number of thioether (sulfide) groups is 1. The van der Waals surface area contributed by atoms with E-state index in [1.54, 1.807) is 38.0 Å². The van der Waals surface area contributed by atoms with Crippen molar-refractivity contribution >= 4 is 17.7 Å². The molecule has 0 saturated carbocycles. The molecule has 0 atom stereocenters. The highest BCUT2D eigenvalue weighted by molar-refractivity contribution is 7.99. The van der Waals surface area contributed by atoms with E-state index in [1.807, 2.05) is 49.5 Å². The van der Waals surface area contributed by atoms with Crippen LogP contribution >= 0.6 is 11.8 Å². The highest BCUT2D eigenvalue weighted by Crippen LogP contribution is 2.27. The zero-order chi connectivity index (χ0) is 19.6. The van der Waals surface area contributed by atoms with E-state index >= 15 is 0 Å². The molecule has 0 saturated heterocycles. The number of benzene rings is 2. The van der Waals surface area contributed by atoms with Gasteiger partial charge in [-0.1, -0.05) is 6.07 Å². The van der Waals surface area contributed by atoms with Crippen LogP contribution < -0.4 is 14.2 Å². The highest BCUT2D eigenvalue weighted by atomic mass is 32.2. The molecule has 27 heavy (non-hydrogen) atoms. The molecule has 0 bridgehead atoms.